The molecule has 0 bridgehead atoms. The molecule has 1 radical (unpaired) electrons. The van der Waals surface area contributed by atoms with E-state index in [2.05, 4.69) is 27.1 Å². The zero-order chi connectivity index (χ0) is 11.9. The predicted molar refractivity (Wildman–Crippen MR) is 66.6 cm³/mol. The molecule has 0 spiro atoms. The van der Waals surface area contributed by atoms with Gasteiger partial charge in [0.25, 0.3) is 0 Å². The number of hydrogen-bond donors (Lipinski definition) is 0. The lowest BCUT2D eigenvalue weighted by Gasteiger charge is -2.26. The molecule has 0 unspecified atom stereocenters. The molecule has 0 aromatic carbocycles. The summed E-state index contributed by atoms with van der Waals surface area (Å²) in [7, 11) is 0. The summed E-state index contributed by atoms with van der Waals surface area (Å²) in [5, 5.41) is 0. The van der Waals surface area contributed by atoms with E-state index >= 15 is 0 Å². The van der Waals surface area contributed by atoms with E-state index in [9.17, 15) is 4.79 Å². The Bertz CT molecular complexity index is 180. The first kappa shape index (κ1) is 14.7. The van der Waals surface area contributed by atoms with Crippen molar-refractivity contribution in [3.8, 4) is 0 Å². The first-order valence-electron chi connectivity index (χ1n) is 6.22. The summed E-state index contributed by atoms with van der Waals surface area (Å²) >= 11 is 0. The average Bonchev–Trinajstić information content (AvgIpc) is 2.14. The van der Waals surface area contributed by atoms with Gasteiger partial charge in [-0.2, -0.15) is 0 Å². The van der Waals surface area contributed by atoms with Gasteiger partial charge >= 0.3 is 0 Å². The predicted octanol–water partition coefficient (Wildman–Crippen LogP) is 4.51. The molecular formula is C14H27O. The second kappa shape index (κ2) is 6.30. The highest BCUT2D eigenvalue weighted by Crippen LogP contribution is 2.31. The van der Waals surface area contributed by atoms with Crippen LogP contribution in [0.25, 0.3) is 0 Å². The van der Waals surface area contributed by atoms with Gasteiger partial charge in [0.2, 0.25) is 6.29 Å². The molecule has 15 heavy (non-hydrogen) atoms. The third kappa shape index (κ3) is 7.58. The van der Waals surface area contributed by atoms with Crippen LogP contribution in [0.4, 0.5) is 0 Å². The molecule has 1 heteroatoms. The van der Waals surface area contributed by atoms with Crippen LogP contribution in [0.15, 0.2) is 0 Å². The Labute approximate surface area is 95.6 Å². The Balaban J connectivity index is 3.79. The molecule has 0 atom stereocenters. The van der Waals surface area contributed by atoms with Gasteiger partial charge in [0.05, 0.1) is 0 Å². The van der Waals surface area contributed by atoms with E-state index in [1.165, 1.54) is 25.7 Å². The number of rotatable bonds is 8. The third-order valence-corrected chi connectivity index (χ3v) is 3.14. The molecule has 0 fully saturated rings. The Morgan fingerprint density at radius 3 is 1.93 bits per heavy atom. The molecule has 89 valence electrons. The number of hydrogen-bond acceptors (Lipinski definition) is 1. The molecule has 0 N–H and O–H groups in total. The van der Waals surface area contributed by atoms with Gasteiger partial charge in [0, 0.05) is 5.41 Å². The maximum absolute atomic E-state index is 10.6. The second-order valence-electron chi connectivity index (χ2n) is 6.11. The maximum atomic E-state index is 10.6. The van der Waals surface area contributed by atoms with Crippen molar-refractivity contribution in [3.05, 3.63) is 0 Å². The van der Waals surface area contributed by atoms with Crippen molar-refractivity contribution < 1.29 is 4.79 Å². The second-order valence-corrected chi connectivity index (χ2v) is 6.11. The molecule has 0 saturated heterocycles. The van der Waals surface area contributed by atoms with Crippen molar-refractivity contribution in [2.24, 2.45) is 10.8 Å². The van der Waals surface area contributed by atoms with Crippen molar-refractivity contribution in [2.45, 2.75) is 73.1 Å². The fraction of sp³-hybridized carbons (Fsp3) is 0.929. The van der Waals surface area contributed by atoms with Gasteiger partial charge in [0.15, 0.2) is 0 Å². The number of carbonyl (C=O) groups excluding carboxylic acids is 1. The van der Waals surface area contributed by atoms with Gasteiger partial charge in [-0.15, -0.1) is 0 Å². The average molecular weight is 211 g/mol. The highest BCUT2D eigenvalue weighted by Gasteiger charge is 2.21. The SMILES string of the molecule is CCCCC(C)(C)CCCC(C)(C)[C]=O. The van der Waals surface area contributed by atoms with E-state index in [1.807, 2.05) is 13.8 Å². The first-order chi connectivity index (χ1) is 6.83. The molecule has 0 aliphatic rings. The molecule has 0 heterocycles. The minimum atomic E-state index is -0.249. The van der Waals surface area contributed by atoms with Crippen LogP contribution in [0.2, 0.25) is 0 Å². The maximum Gasteiger partial charge on any atom is 0.204 e. The molecule has 0 aliphatic carbocycles. The van der Waals surface area contributed by atoms with Crippen molar-refractivity contribution in [3.63, 3.8) is 0 Å². The fourth-order valence-corrected chi connectivity index (χ4v) is 1.84. The van der Waals surface area contributed by atoms with Gasteiger partial charge in [-0.05, 0) is 24.7 Å². The molecule has 0 saturated carbocycles. The summed E-state index contributed by atoms with van der Waals surface area (Å²) in [6, 6.07) is 0. The van der Waals surface area contributed by atoms with Crippen LogP contribution < -0.4 is 0 Å². The van der Waals surface area contributed by atoms with Crippen molar-refractivity contribution in [1.82, 2.24) is 0 Å². The molecule has 0 aromatic heterocycles. The Hall–Kier alpha value is -0.330. The smallest absolute Gasteiger partial charge is 0.204 e. The van der Waals surface area contributed by atoms with E-state index in [4.69, 9.17) is 0 Å². The van der Waals surface area contributed by atoms with Gasteiger partial charge < -0.3 is 0 Å². The van der Waals surface area contributed by atoms with Crippen LogP contribution in [0.1, 0.15) is 73.1 Å². The summed E-state index contributed by atoms with van der Waals surface area (Å²) in [4.78, 5) is 10.6. The van der Waals surface area contributed by atoms with Crippen LogP contribution in [0.3, 0.4) is 0 Å². The van der Waals surface area contributed by atoms with Crippen LogP contribution >= 0.6 is 0 Å². The van der Waals surface area contributed by atoms with E-state index in [0.29, 0.717) is 5.41 Å². The molecule has 0 aromatic rings. The van der Waals surface area contributed by atoms with Crippen molar-refractivity contribution in [1.29, 1.82) is 0 Å². The van der Waals surface area contributed by atoms with Crippen LogP contribution in [0, 0.1) is 10.8 Å². The minimum absolute atomic E-state index is 0.249. The zero-order valence-electron chi connectivity index (χ0n) is 11.2. The van der Waals surface area contributed by atoms with Crippen LogP contribution in [0.5, 0.6) is 0 Å². The topological polar surface area (TPSA) is 17.1 Å². The van der Waals surface area contributed by atoms with Crippen molar-refractivity contribution >= 4 is 6.29 Å². The van der Waals surface area contributed by atoms with Gasteiger partial charge in [-0.25, -0.2) is 0 Å². The Morgan fingerprint density at radius 2 is 1.47 bits per heavy atom. The molecule has 0 aliphatic heterocycles. The van der Waals surface area contributed by atoms with Crippen LogP contribution in [-0.2, 0) is 4.79 Å². The number of unbranched alkanes of at least 4 members (excludes halogenated alkanes) is 1. The van der Waals surface area contributed by atoms with Gasteiger partial charge in [-0.1, -0.05) is 53.9 Å². The fourth-order valence-electron chi connectivity index (χ4n) is 1.84. The third-order valence-electron chi connectivity index (χ3n) is 3.14. The van der Waals surface area contributed by atoms with Gasteiger partial charge in [-0.3, -0.25) is 4.79 Å². The summed E-state index contributed by atoms with van der Waals surface area (Å²) in [6.07, 6.45) is 9.33. The lowest BCUT2D eigenvalue weighted by Crippen LogP contribution is -2.16. The van der Waals surface area contributed by atoms with E-state index < -0.39 is 0 Å². The van der Waals surface area contributed by atoms with E-state index in [0.717, 1.165) is 12.8 Å². The molecular weight excluding hydrogens is 184 g/mol. The molecule has 1 nitrogen and oxygen atoms in total. The lowest BCUT2D eigenvalue weighted by atomic mass is 9.79. The van der Waals surface area contributed by atoms with E-state index in [-0.39, 0.29) is 5.41 Å². The van der Waals surface area contributed by atoms with Gasteiger partial charge in [0.1, 0.15) is 0 Å². The summed E-state index contributed by atoms with van der Waals surface area (Å²) in [5.74, 6) is 0. The highest BCUT2D eigenvalue weighted by atomic mass is 16.1. The van der Waals surface area contributed by atoms with Crippen molar-refractivity contribution in [2.75, 3.05) is 0 Å². The monoisotopic (exact) mass is 211 g/mol. The zero-order valence-corrected chi connectivity index (χ0v) is 11.2. The Kier molecular flexibility index (Phi) is 6.16. The first-order valence-corrected chi connectivity index (χ1v) is 6.22. The largest absolute Gasteiger partial charge is 0.290 e. The normalized spacial score (nSPS) is 12.9. The van der Waals surface area contributed by atoms with E-state index in [1.54, 1.807) is 0 Å². The van der Waals surface area contributed by atoms with Crippen LogP contribution in [-0.4, -0.2) is 6.29 Å². The highest BCUT2D eigenvalue weighted by molar-refractivity contribution is 5.58. The minimum Gasteiger partial charge on any atom is -0.290 e. The Morgan fingerprint density at radius 1 is 0.933 bits per heavy atom. The summed E-state index contributed by atoms with van der Waals surface area (Å²) in [6.45, 7) is 10.8. The quantitative estimate of drug-likeness (QED) is 0.577. The summed E-state index contributed by atoms with van der Waals surface area (Å²) < 4.78 is 0. The molecule has 0 rings (SSSR count). The lowest BCUT2D eigenvalue weighted by molar-refractivity contribution is 0.271. The molecule has 0 amide bonds. The summed E-state index contributed by atoms with van der Waals surface area (Å²) in [5.41, 5.74) is 0.190. The standard InChI is InChI=1S/C14H27O/c1-6-7-9-13(2,3)10-8-11-14(4,5)12-15/h6-11H2,1-5H3.